The number of amides is 1. The van der Waals surface area contributed by atoms with Crippen LogP contribution in [0.25, 0.3) is 0 Å². The average Bonchev–Trinajstić information content (AvgIpc) is 3.38. The topological polar surface area (TPSA) is 92.1 Å². The molecule has 29 heavy (non-hydrogen) atoms. The maximum absolute atomic E-state index is 12.7. The number of hydrogen-bond acceptors (Lipinski definition) is 7. The van der Waals surface area contributed by atoms with E-state index >= 15 is 0 Å². The molecule has 164 valence electrons. The highest BCUT2D eigenvalue weighted by molar-refractivity contribution is 5.78. The zero-order valence-electron chi connectivity index (χ0n) is 17.9. The van der Waals surface area contributed by atoms with Gasteiger partial charge in [-0.2, -0.15) is 5.10 Å². The lowest BCUT2D eigenvalue weighted by Crippen LogP contribution is -2.36. The molecule has 1 aliphatic carbocycles. The standard InChI is InChI=1S/C20H33N3O6/c1-5-29-20(25)18-11-16(18)12-23(13-17-10-15(2)22(3)21-17)19(24)14-28-9-8-27-7-6-26-4/h10,16,18H,5-9,11-14H2,1-4H3/t16-,18-/m0/s1. The van der Waals surface area contributed by atoms with Crippen LogP contribution < -0.4 is 0 Å². The number of aromatic nitrogens is 2. The van der Waals surface area contributed by atoms with Crippen molar-refractivity contribution in [3.8, 4) is 0 Å². The summed E-state index contributed by atoms with van der Waals surface area (Å²) < 4.78 is 22.6. The van der Waals surface area contributed by atoms with Crippen molar-refractivity contribution in [2.24, 2.45) is 18.9 Å². The molecular weight excluding hydrogens is 378 g/mol. The molecule has 1 aromatic rings. The molecule has 1 amide bonds. The summed E-state index contributed by atoms with van der Waals surface area (Å²) >= 11 is 0. The fourth-order valence-electron chi connectivity index (χ4n) is 3.05. The second kappa shape index (κ2) is 11.9. The van der Waals surface area contributed by atoms with Crippen LogP contribution >= 0.6 is 0 Å². The Hall–Kier alpha value is -1.97. The maximum Gasteiger partial charge on any atom is 0.309 e. The minimum Gasteiger partial charge on any atom is -0.466 e. The summed E-state index contributed by atoms with van der Waals surface area (Å²) in [5, 5.41) is 4.44. The molecule has 0 saturated heterocycles. The summed E-state index contributed by atoms with van der Waals surface area (Å²) in [5.41, 5.74) is 1.84. The molecule has 0 bridgehead atoms. The van der Waals surface area contributed by atoms with E-state index in [0.29, 0.717) is 46.1 Å². The predicted molar refractivity (Wildman–Crippen MR) is 105 cm³/mol. The quantitative estimate of drug-likeness (QED) is 0.332. The van der Waals surface area contributed by atoms with E-state index in [0.717, 1.165) is 17.8 Å². The van der Waals surface area contributed by atoms with Crippen LogP contribution in [-0.4, -0.2) is 79.9 Å². The van der Waals surface area contributed by atoms with E-state index < -0.39 is 0 Å². The number of aryl methyl sites for hydroxylation is 2. The Kier molecular flexibility index (Phi) is 9.56. The minimum absolute atomic E-state index is 0.0315. The highest BCUT2D eigenvalue weighted by atomic mass is 16.5. The molecule has 9 nitrogen and oxygen atoms in total. The second-order valence-corrected chi connectivity index (χ2v) is 7.19. The van der Waals surface area contributed by atoms with Crippen molar-refractivity contribution in [3.05, 3.63) is 17.5 Å². The van der Waals surface area contributed by atoms with Gasteiger partial charge in [0.15, 0.2) is 0 Å². The third kappa shape index (κ3) is 7.75. The Labute approximate surface area is 172 Å². The summed E-state index contributed by atoms with van der Waals surface area (Å²) in [6.45, 7) is 6.75. The van der Waals surface area contributed by atoms with Crippen molar-refractivity contribution in [1.29, 1.82) is 0 Å². The number of hydrogen-bond donors (Lipinski definition) is 0. The Morgan fingerprint density at radius 2 is 1.97 bits per heavy atom. The van der Waals surface area contributed by atoms with Gasteiger partial charge in [0.05, 0.1) is 51.2 Å². The van der Waals surface area contributed by atoms with Gasteiger partial charge in [0, 0.05) is 26.4 Å². The van der Waals surface area contributed by atoms with Crippen LogP contribution in [0.1, 0.15) is 24.7 Å². The fraction of sp³-hybridized carbons (Fsp3) is 0.750. The van der Waals surface area contributed by atoms with Gasteiger partial charge in [-0.25, -0.2) is 0 Å². The van der Waals surface area contributed by atoms with Gasteiger partial charge in [-0.1, -0.05) is 0 Å². The highest BCUT2D eigenvalue weighted by Gasteiger charge is 2.45. The molecule has 0 radical (unpaired) electrons. The van der Waals surface area contributed by atoms with Gasteiger partial charge in [0.1, 0.15) is 6.61 Å². The molecule has 9 heteroatoms. The molecule has 0 spiro atoms. The first-order valence-corrected chi connectivity index (χ1v) is 10.0. The number of carbonyl (C=O) groups is 2. The number of rotatable bonds is 14. The zero-order chi connectivity index (χ0) is 21.2. The molecular formula is C20H33N3O6. The summed E-state index contributed by atoms with van der Waals surface area (Å²) in [5.74, 6) is -0.297. The van der Waals surface area contributed by atoms with E-state index in [1.165, 1.54) is 0 Å². The molecule has 1 fully saturated rings. The summed E-state index contributed by atoms with van der Waals surface area (Å²) in [6, 6.07) is 1.96. The fourth-order valence-corrected chi connectivity index (χ4v) is 3.05. The lowest BCUT2D eigenvalue weighted by atomic mass is 10.2. The number of esters is 1. The van der Waals surface area contributed by atoms with Crippen LogP contribution in [0.5, 0.6) is 0 Å². The first-order valence-electron chi connectivity index (χ1n) is 10.0. The van der Waals surface area contributed by atoms with Crippen LogP contribution in [-0.2, 0) is 42.1 Å². The van der Waals surface area contributed by atoms with Gasteiger partial charge in [-0.05, 0) is 32.3 Å². The summed E-state index contributed by atoms with van der Waals surface area (Å²) in [7, 11) is 3.48. The minimum atomic E-state index is -0.178. The molecule has 0 aromatic carbocycles. The molecule has 2 rings (SSSR count). The zero-order valence-corrected chi connectivity index (χ0v) is 17.9. The van der Waals surface area contributed by atoms with Gasteiger partial charge < -0.3 is 23.8 Å². The summed E-state index contributed by atoms with van der Waals surface area (Å²) in [6.07, 6.45) is 0.748. The first-order chi connectivity index (χ1) is 14.0. The molecule has 0 unspecified atom stereocenters. The van der Waals surface area contributed by atoms with Crippen molar-refractivity contribution < 1.29 is 28.5 Å². The van der Waals surface area contributed by atoms with Crippen molar-refractivity contribution in [3.63, 3.8) is 0 Å². The van der Waals surface area contributed by atoms with Crippen molar-refractivity contribution in [2.45, 2.75) is 26.8 Å². The lowest BCUT2D eigenvalue weighted by Gasteiger charge is -2.22. The molecule has 1 aliphatic rings. The van der Waals surface area contributed by atoms with Crippen LogP contribution in [0.15, 0.2) is 6.07 Å². The Bertz CT molecular complexity index is 643. The first kappa shape index (κ1) is 23.3. The second-order valence-electron chi connectivity index (χ2n) is 7.19. The van der Waals surface area contributed by atoms with E-state index in [1.54, 1.807) is 23.6 Å². The Balaban J connectivity index is 1.85. The highest BCUT2D eigenvalue weighted by Crippen LogP contribution is 2.40. The van der Waals surface area contributed by atoms with Gasteiger partial charge in [-0.3, -0.25) is 14.3 Å². The third-order valence-electron chi connectivity index (χ3n) is 4.87. The molecule has 0 aliphatic heterocycles. The van der Waals surface area contributed by atoms with Crippen molar-refractivity contribution in [1.82, 2.24) is 14.7 Å². The van der Waals surface area contributed by atoms with E-state index in [1.807, 2.05) is 20.0 Å². The molecule has 2 atom stereocenters. The van der Waals surface area contributed by atoms with E-state index in [2.05, 4.69) is 5.10 Å². The van der Waals surface area contributed by atoms with E-state index in [4.69, 9.17) is 18.9 Å². The van der Waals surface area contributed by atoms with Crippen molar-refractivity contribution >= 4 is 11.9 Å². The van der Waals surface area contributed by atoms with Crippen LogP contribution in [0, 0.1) is 18.8 Å². The molecule has 1 heterocycles. The van der Waals surface area contributed by atoms with Gasteiger partial charge in [-0.15, -0.1) is 0 Å². The monoisotopic (exact) mass is 411 g/mol. The van der Waals surface area contributed by atoms with Gasteiger partial charge in [0.2, 0.25) is 5.91 Å². The van der Waals surface area contributed by atoms with Gasteiger partial charge >= 0.3 is 5.97 Å². The van der Waals surface area contributed by atoms with E-state index in [9.17, 15) is 9.59 Å². The lowest BCUT2D eigenvalue weighted by molar-refractivity contribution is -0.145. The largest absolute Gasteiger partial charge is 0.466 e. The van der Waals surface area contributed by atoms with Crippen LogP contribution in [0.3, 0.4) is 0 Å². The SMILES string of the molecule is CCOC(=O)[C@H]1C[C@H]1CN(Cc1cc(C)n(C)n1)C(=O)COCCOCCOC. The normalized spacial score (nSPS) is 17.9. The number of carbonyl (C=O) groups excluding carboxylic acids is 2. The van der Waals surface area contributed by atoms with Crippen LogP contribution in [0.2, 0.25) is 0 Å². The number of methoxy groups -OCH3 is 1. The smallest absolute Gasteiger partial charge is 0.309 e. The molecule has 1 aromatic heterocycles. The Morgan fingerprint density at radius 3 is 2.62 bits per heavy atom. The van der Waals surface area contributed by atoms with E-state index in [-0.39, 0.29) is 30.3 Å². The number of ether oxygens (including phenoxy) is 4. The number of nitrogens with zero attached hydrogens (tertiary/aromatic N) is 3. The maximum atomic E-state index is 12.7. The van der Waals surface area contributed by atoms with Crippen molar-refractivity contribution in [2.75, 3.05) is 53.3 Å². The molecule has 0 N–H and O–H groups in total. The Morgan fingerprint density at radius 1 is 1.24 bits per heavy atom. The third-order valence-corrected chi connectivity index (χ3v) is 4.87. The molecule has 1 saturated carbocycles. The summed E-state index contributed by atoms with van der Waals surface area (Å²) in [4.78, 5) is 26.4. The average molecular weight is 411 g/mol. The van der Waals surface area contributed by atoms with Gasteiger partial charge in [0.25, 0.3) is 0 Å². The van der Waals surface area contributed by atoms with Crippen LogP contribution in [0.4, 0.5) is 0 Å². The predicted octanol–water partition coefficient (Wildman–Crippen LogP) is 0.936.